The molecule has 3 aromatic rings. The van der Waals surface area contributed by atoms with Crippen molar-refractivity contribution >= 4 is 21.4 Å². The van der Waals surface area contributed by atoms with Crippen LogP contribution >= 0.6 is 11.3 Å². The fourth-order valence-electron chi connectivity index (χ4n) is 3.75. The third-order valence-corrected chi connectivity index (χ3v) is 8.18. The predicted octanol–water partition coefficient (Wildman–Crippen LogP) is 5.02. The maximum Gasteiger partial charge on any atom is 0.246 e. The molecule has 2 aromatic carbocycles. The molecule has 0 spiro atoms. The number of thiophene rings is 1. The molecule has 0 radical (unpaired) electrons. The van der Waals surface area contributed by atoms with Crippen molar-refractivity contribution in [3.05, 3.63) is 82.1 Å². The molecule has 0 bridgehead atoms. The van der Waals surface area contributed by atoms with Crippen molar-refractivity contribution < 1.29 is 26.7 Å². The summed E-state index contributed by atoms with van der Waals surface area (Å²) in [7, 11) is -4.22. The van der Waals surface area contributed by atoms with Crippen molar-refractivity contribution in [3.63, 3.8) is 0 Å². The summed E-state index contributed by atoms with van der Waals surface area (Å²) in [6.07, 6.45) is 2.08. The van der Waals surface area contributed by atoms with Crippen molar-refractivity contribution in [3.8, 4) is 5.75 Å². The highest BCUT2D eigenvalue weighted by atomic mass is 32.2. The Balaban J connectivity index is 1.52. The summed E-state index contributed by atoms with van der Waals surface area (Å²) in [5.41, 5.74) is 0.702. The lowest BCUT2D eigenvalue weighted by Crippen LogP contribution is -2.37. The lowest BCUT2D eigenvalue weighted by atomic mass is 10.2. The lowest BCUT2D eigenvalue weighted by Gasteiger charge is -2.25. The van der Waals surface area contributed by atoms with E-state index in [1.807, 2.05) is 23.6 Å². The normalized spacial score (nSPS) is 16.4. The van der Waals surface area contributed by atoms with Gasteiger partial charge < -0.3 is 9.47 Å². The Hall–Kier alpha value is -2.33. The molecule has 1 fully saturated rings. The summed E-state index contributed by atoms with van der Waals surface area (Å²) >= 11 is 1.67. The van der Waals surface area contributed by atoms with Crippen LogP contribution in [0.4, 0.5) is 8.78 Å². The second-order valence-electron chi connectivity index (χ2n) is 7.83. The maximum atomic E-state index is 14.4. The van der Waals surface area contributed by atoms with Crippen molar-refractivity contribution in [2.75, 3.05) is 19.8 Å². The number of hydrogen-bond donors (Lipinski definition) is 0. The van der Waals surface area contributed by atoms with Crippen LogP contribution in [0.25, 0.3) is 0 Å². The Morgan fingerprint density at radius 2 is 2.00 bits per heavy atom. The monoisotopic (exact) mass is 493 g/mol. The minimum atomic E-state index is -4.22. The number of rotatable bonds is 10. The minimum Gasteiger partial charge on any atom is -0.493 e. The smallest absolute Gasteiger partial charge is 0.246 e. The molecule has 5 nitrogen and oxygen atoms in total. The summed E-state index contributed by atoms with van der Waals surface area (Å²) in [5, 5.41) is 2.02. The Morgan fingerprint density at radius 3 is 2.73 bits per heavy atom. The van der Waals surface area contributed by atoms with Gasteiger partial charge in [0.15, 0.2) is 0 Å². The molecule has 0 N–H and O–H groups in total. The number of sulfonamides is 1. The first-order valence-electron chi connectivity index (χ1n) is 10.7. The summed E-state index contributed by atoms with van der Waals surface area (Å²) in [4.78, 5) is 0.673. The molecule has 0 amide bonds. The number of hydrogen-bond acceptors (Lipinski definition) is 5. The number of ether oxygens (including phenoxy) is 2. The van der Waals surface area contributed by atoms with Crippen molar-refractivity contribution in [2.45, 2.75) is 36.8 Å². The zero-order chi connectivity index (χ0) is 23.3. The van der Waals surface area contributed by atoms with Crippen molar-refractivity contribution in [1.82, 2.24) is 4.31 Å². The molecule has 9 heteroatoms. The largest absolute Gasteiger partial charge is 0.493 e. The van der Waals surface area contributed by atoms with Gasteiger partial charge in [0.05, 0.1) is 12.7 Å². The second-order valence-corrected chi connectivity index (χ2v) is 10.8. The van der Waals surface area contributed by atoms with Gasteiger partial charge in [-0.3, -0.25) is 0 Å². The number of benzene rings is 2. The lowest BCUT2D eigenvalue weighted by molar-refractivity contribution is 0.0925. The standard InChI is InChI=1S/C24H25F2NO4S2/c25-19-8-9-24(23(26)15-19)33(28,29)27(17-21-6-2-11-30-21)16-18-4-1-5-20(14-18)31-12-10-22-7-3-13-32-22/h1,3-5,7-9,13-15,21H,2,6,10-12,16-17H2/t21-/m0/s1. The van der Waals surface area contributed by atoms with Crippen molar-refractivity contribution in [1.29, 1.82) is 0 Å². The van der Waals surface area contributed by atoms with Crippen LogP contribution in [0.1, 0.15) is 23.3 Å². The minimum absolute atomic E-state index is 0.0150. The van der Waals surface area contributed by atoms with Crippen LogP contribution in [0.15, 0.2) is 64.9 Å². The van der Waals surface area contributed by atoms with Gasteiger partial charge in [-0.2, -0.15) is 4.31 Å². The first kappa shape index (κ1) is 23.8. The van der Waals surface area contributed by atoms with Crippen LogP contribution in [0, 0.1) is 11.6 Å². The van der Waals surface area contributed by atoms with Crippen LogP contribution in [-0.4, -0.2) is 38.6 Å². The molecule has 1 aliphatic heterocycles. The van der Waals surface area contributed by atoms with Gasteiger partial charge in [0.1, 0.15) is 22.3 Å². The third-order valence-electron chi connectivity index (χ3n) is 5.40. The van der Waals surface area contributed by atoms with Crippen molar-refractivity contribution in [2.24, 2.45) is 0 Å². The molecule has 33 heavy (non-hydrogen) atoms. The molecule has 0 saturated carbocycles. The fraction of sp³-hybridized carbons (Fsp3) is 0.333. The Morgan fingerprint density at radius 1 is 1.12 bits per heavy atom. The summed E-state index contributed by atoms with van der Waals surface area (Å²) in [5.74, 6) is -1.31. The van der Waals surface area contributed by atoms with E-state index in [0.29, 0.717) is 30.6 Å². The first-order valence-corrected chi connectivity index (χ1v) is 13.0. The number of halogens is 2. The zero-order valence-corrected chi connectivity index (χ0v) is 19.6. The molecule has 176 valence electrons. The van der Waals surface area contributed by atoms with Gasteiger partial charge in [0.25, 0.3) is 0 Å². The number of nitrogens with zero attached hydrogens (tertiary/aromatic N) is 1. The van der Waals surface area contributed by atoms with Gasteiger partial charge in [-0.25, -0.2) is 17.2 Å². The van der Waals surface area contributed by atoms with E-state index in [9.17, 15) is 17.2 Å². The summed E-state index contributed by atoms with van der Waals surface area (Å²) in [6, 6.07) is 13.7. The maximum absolute atomic E-state index is 14.4. The van der Waals surface area contributed by atoms with Gasteiger partial charge in [-0.15, -0.1) is 11.3 Å². The van der Waals surface area contributed by atoms with Gasteiger partial charge >= 0.3 is 0 Å². The van der Waals surface area contributed by atoms with E-state index in [1.165, 1.54) is 9.18 Å². The van der Waals surface area contributed by atoms with E-state index < -0.39 is 26.6 Å². The van der Waals surface area contributed by atoms with E-state index in [4.69, 9.17) is 9.47 Å². The highest BCUT2D eigenvalue weighted by Crippen LogP contribution is 2.26. The zero-order valence-electron chi connectivity index (χ0n) is 18.0. The molecular weight excluding hydrogens is 468 g/mol. The topological polar surface area (TPSA) is 55.8 Å². The van der Waals surface area contributed by atoms with Crippen LogP contribution in [0.5, 0.6) is 5.75 Å². The predicted molar refractivity (Wildman–Crippen MR) is 123 cm³/mol. The van der Waals surface area contributed by atoms with Gasteiger partial charge in [-0.05, 0) is 54.1 Å². The van der Waals surface area contributed by atoms with Gasteiger partial charge in [0.2, 0.25) is 10.0 Å². The molecule has 0 unspecified atom stereocenters. The SMILES string of the molecule is O=S(=O)(c1ccc(F)cc1F)N(Cc1cccc(OCCc2cccs2)c1)C[C@@H]1CCCO1. The van der Waals surface area contributed by atoms with E-state index in [2.05, 4.69) is 0 Å². The van der Waals surface area contributed by atoms with Crippen LogP contribution in [0.3, 0.4) is 0 Å². The van der Waals surface area contributed by atoms with Crippen LogP contribution in [0.2, 0.25) is 0 Å². The molecule has 2 heterocycles. The second kappa shape index (κ2) is 10.7. The van der Waals surface area contributed by atoms with E-state index in [-0.39, 0.29) is 19.2 Å². The summed E-state index contributed by atoms with van der Waals surface area (Å²) < 4.78 is 67.1. The molecule has 4 rings (SSSR count). The van der Waals surface area contributed by atoms with Gasteiger partial charge in [0, 0.05) is 37.1 Å². The first-order chi connectivity index (χ1) is 15.9. The molecule has 1 aromatic heterocycles. The van der Waals surface area contributed by atoms with E-state index in [1.54, 1.807) is 29.5 Å². The van der Waals surface area contributed by atoms with Crippen LogP contribution in [-0.2, 0) is 27.7 Å². The van der Waals surface area contributed by atoms with E-state index in [0.717, 1.165) is 31.4 Å². The fourth-order valence-corrected chi connectivity index (χ4v) is 5.94. The van der Waals surface area contributed by atoms with Crippen LogP contribution < -0.4 is 4.74 Å². The van der Waals surface area contributed by atoms with Gasteiger partial charge in [-0.1, -0.05) is 18.2 Å². The quantitative estimate of drug-likeness (QED) is 0.398. The van der Waals surface area contributed by atoms with E-state index >= 15 is 0 Å². The Kier molecular flexibility index (Phi) is 7.75. The molecule has 1 aliphatic rings. The average Bonchev–Trinajstić information content (AvgIpc) is 3.48. The molecule has 0 aliphatic carbocycles. The molecule has 1 saturated heterocycles. The Labute approximate surface area is 196 Å². The summed E-state index contributed by atoms with van der Waals surface area (Å²) in [6.45, 7) is 1.17. The third kappa shape index (κ3) is 6.17. The Bertz CT molecular complexity index is 1160. The highest BCUT2D eigenvalue weighted by molar-refractivity contribution is 7.89. The molecule has 1 atom stereocenters. The highest BCUT2D eigenvalue weighted by Gasteiger charge is 2.31. The molecular formula is C24H25F2NO4S2. The average molecular weight is 494 g/mol.